The number of hydrogen-bond donors (Lipinski definition) is 1. The van der Waals surface area contributed by atoms with Gasteiger partial charge in [-0.3, -0.25) is 0 Å². The molecule has 1 aliphatic heterocycles. The van der Waals surface area contributed by atoms with Crippen molar-refractivity contribution in [3.8, 4) is 5.75 Å². The van der Waals surface area contributed by atoms with Crippen molar-refractivity contribution in [2.24, 2.45) is 0 Å². The van der Waals surface area contributed by atoms with Crippen molar-refractivity contribution in [2.75, 3.05) is 48.4 Å². The van der Waals surface area contributed by atoms with Gasteiger partial charge in [0.2, 0.25) is 5.95 Å². The summed E-state index contributed by atoms with van der Waals surface area (Å²) in [5.74, 6) is 1.89. The van der Waals surface area contributed by atoms with Gasteiger partial charge in [0.05, 0.1) is 19.0 Å². The Kier molecular flexibility index (Phi) is 5.69. The van der Waals surface area contributed by atoms with Crippen molar-refractivity contribution in [1.29, 1.82) is 0 Å². The SMILES string of the molecule is COc1ccccc1N1CCN(c2cnnc(NCc3ccc(F)cc3)n2)CC1. The normalized spacial score (nSPS) is 14.0. The molecule has 0 bridgehead atoms. The van der Waals surface area contributed by atoms with Crippen LogP contribution in [0, 0.1) is 5.82 Å². The Morgan fingerprint density at radius 3 is 2.48 bits per heavy atom. The molecule has 1 saturated heterocycles. The van der Waals surface area contributed by atoms with E-state index in [9.17, 15) is 4.39 Å². The van der Waals surface area contributed by atoms with Crippen molar-refractivity contribution in [1.82, 2.24) is 15.2 Å². The fraction of sp³-hybridized carbons (Fsp3) is 0.286. The maximum absolute atomic E-state index is 13.0. The second-order valence-electron chi connectivity index (χ2n) is 6.76. The molecule has 8 heteroatoms. The number of methoxy groups -OCH3 is 1. The van der Waals surface area contributed by atoms with E-state index in [0.29, 0.717) is 12.5 Å². The smallest absolute Gasteiger partial charge is 0.244 e. The van der Waals surface area contributed by atoms with Crippen LogP contribution in [0.2, 0.25) is 0 Å². The van der Waals surface area contributed by atoms with Gasteiger partial charge in [-0.2, -0.15) is 10.1 Å². The summed E-state index contributed by atoms with van der Waals surface area (Å²) in [5, 5.41) is 11.3. The van der Waals surface area contributed by atoms with Crippen molar-refractivity contribution in [3.63, 3.8) is 0 Å². The Hall–Kier alpha value is -3.42. The molecule has 0 atom stereocenters. The number of nitrogens with one attached hydrogen (secondary N) is 1. The maximum Gasteiger partial charge on any atom is 0.244 e. The number of para-hydroxylation sites is 2. The van der Waals surface area contributed by atoms with Crippen LogP contribution in [0.1, 0.15) is 5.56 Å². The maximum atomic E-state index is 13.0. The highest BCUT2D eigenvalue weighted by Gasteiger charge is 2.21. The zero-order valence-corrected chi connectivity index (χ0v) is 16.3. The largest absolute Gasteiger partial charge is 0.495 e. The molecule has 0 aliphatic carbocycles. The lowest BCUT2D eigenvalue weighted by molar-refractivity contribution is 0.413. The van der Waals surface area contributed by atoms with Gasteiger partial charge in [0.25, 0.3) is 0 Å². The molecule has 1 aliphatic rings. The van der Waals surface area contributed by atoms with E-state index >= 15 is 0 Å². The number of halogens is 1. The van der Waals surface area contributed by atoms with Gasteiger partial charge in [-0.1, -0.05) is 24.3 Å². The highest BCUT2D eigenvalue weighted by molar-refractivity contribution is 5.59. The summed E-state index contributed by atoms with van der Waals surface area (Å²) in [6, 6.07) is 14.4. The molecule has 1 aromatic heterocycles. The van der Waals surface area contributed by atoms with Gasteiger partial charge in [0, 0.05) is 32.7 Å². The van der Waals surface area contributed by atoms with Crippen molar-refractivity contribution < 1.29 is 9.13 Å². The number of ether oxygens (including phenoxy) is 1. The number of rotatable bonds is 6. The number of nitrogens with zero attached hydrogens (tertiary/aromatic N) is 5. The van der Waals surface area contributed by atoms with Crippen LogP contribution in [-0.4, -0.2) is 48.5 Å². The molecule has 0 radical (unpaired) electrons. The van der Waals surface area contributed by atoms with Crippen molar-refractivity contribution in [3.05, 3.63) is 66.1 Å². The van der Waals surface area contributed by atoms with Gasteiger partial charge in [-0.05, 0) is 29.8 Å². The zero-order valence-electron chi connectivity index (χ0n) is 16.3. The standard InChI is InChI=1S/C21H23FN6O/c1-29-19-5-3-2-4-18(19)27-10-12-28(13-11-27)20-15-24-26-21(25-20)23-14-16-6-8-17(22)9-7-16/h2-9,15H,10-14H2,1H3,(H,23,25,26). The number of benzene rings is 2. The van der Waals surface area contributed by atoms with Crippen molar-refractivity contribution >= 4 is 17.5 Å². The first kappa shape index (κ1) is 18.9. The van der Waals surface area contributed by atoms with E-state index in [-0.39, 0.29) is 5.82 Å². The van der Waals surface area contributed by atoms with Gasteiger partial charge in [-0.25, -0.2) is 4.39 Å². The molecule has 0 amide bonds. The predicted molar refractivity (Wildman–Crippen MR) is 111 cm³/mol. The second-order valence-corrected chi connectivity index (χ2v) is 6.76. The zero-order chi connectivity index (χ0) is 20.1. The average Bonchev–Trinajstić information content (AvgIpc) is 2.79. The minimum absolute atomic E-state index is 0.249. The molecule has 1 N–H and O–H groups in total. The molecule has 3 aromatic rings. The highest BCUT2D eigenvalue weighted by Crippen LogP contribution is 2.28. The number of piperazine rings is 1. The van der Waals surface area contributed by atoms with E-state index in [1.54, 1.807) is 25.4 Å². The minimum Gasteiger partial charge on any atom is -0.495 e. The van der Waals surface area contributed by atoms with Crippen LogP contribution in [0.5, 0.6) is 5.75 Å². The second kappa shape index (κ2) is 8.72. The lowest BCUT2D eigenvalue weighted by Crippen LogP contribution is -2.47. The Labute approximate surface area is 169 Å². The van der Waals surface area contributed by atoms with Crippen LogP contribution >= 0.6 is 0 Å². The van der Waals surface area contributed by atoms with Gasteiger partial charge in [-0.15, -0.1) is 5.10 Å². The van der Waals surface area contributed by atoms with Crippen molar-refractivity contribution in [2.45, 2.75) is 6.54 Å². The van der Waals surface area contributed by atoms with Gasteiger partial charge in [0.15, 0.2) is 5.82 Å². The summed E-state index contributed by atoms with van der Waals surface area (Å²) >= 11 is 0. The molecule has 0 spiro atoms. The van der Waals surface area contributed by atoms with E-state index in [4.69, 9.17) is 4.74 Å². The van der Waals surface area contributed by atoms with Crippen LogP contribution in [-0.2, 0) is 6.54 Å². The molecule has 4 rings (SSSR count). The number of aromatic nitrogens is 3. The Bertz CT molecular complexity index is 944. The van der Waals surface area contributed by atoms with Crippen LogP contribution < -0.4 is 19.9 Å². The number of hydrogen-bond acceptors (Lipinski definition) is 7. The quantitative estimate of drug-likeness (QED) is 0.689. The topological polar surface area (TPSA) is 66.4 Å². The van der Waals surface area contributed by atoms with Gasteiger partial charge < -0.3 is 19.9 Å². The number of anilines is 3. The molecular weight excluding hydrogens is 371 g/mol. The molecular formula is C21H23FN6O. The summed E-state index contributed by atoms with van der Waals surface area (Å²) < 4.78 is 18.5. The van der Waals surface area contributed by atoms with E-state index in [2.05, 4.69) is 36.4 Å². The fourth-order valence-electron chi connectivity index (χ4n) is 3.37. The molecule has 29 heavy (non-hydrogen) atoms. The summed E-state index contributed by atoms with van der Waals surface area (Å²) in [6.07, 6.45) is 1.68. The molecule has 2 aromatic carbocycles. The Morgan fingerprint density at radius 2 is 1.72 bits per heavy atom. The summed E-state index contributed by atoms with van der Waals surface area (Å²) in [5.41, 5.74) is 2.06. The van der Waals surface area contributed by atoms with E-state index in [1.165, 1.54) is 12.1 Å². The molecule has 2 heterocycles. The van der Waals surface area contributed by atoms with Crippen LogP contribution in [0.15, 0.2) is 54.7 Å². The average molecular weight is 394 g/mol. The summed E-state index contributed by atoms with van der Waals surface area (Å²) in [6.45, 7) is 3.89. The molecule has 1 fully saturated rings. The van der Waals surface area contributed by atoms with Crippen LogP contribution in [0.4, 0.5) is 21.8 Å². The first-order valence-corrected chi connectivity index (χ1v) is 9.54. The van der Waals surface area contributed by atoms with Gasteiger partial charge in [0.1, 0.15) is 11.6 Å². The predicted octanol–water partition coefficient (Wildman–Crippen LogP) is 2.96. The summed E-state index contributed by atoms with van der Waals surface area (Å²) in [4.78, 5) is 9.10. The third-order valence-corrected chi connectivity index (χ3v) is 4.94. The summed E-state index contributed by atoms with van der Waals surface area (Å²) in [7, 11) is 1.70. The lowest BCUT2D eigenvalue weighted by atomic mass is 10.2. The lowest BCUT2D eigenvalue weighted by Gasteiger charge is -2.37. The van der Waals surface area contributed by atoms with E-state index < -0.39 is 0 Å². The molecule has 7 nitrogen and oxygen atoms in total. The van der Waals surface area contributed by atoms with Gasteiger partial charge >= 0.3 is 0 Å². The highest BCUT2D eigenvalue weighted by atomic mass is 19.1. The first-order chi connectivity index (χ1) is 14.2. The van der Waals surface area contributed by atoms with Crippen LogP contribution in [0.3, 0.4) is 0 Å². The molecule has 0 saturated carbocycles. The monoisotopic (exact) mass is 394 g/mol. The third-order valence-electron chi connectivity index (χ3n) is 4.94. The van der Waals surface area contributed by atoms with E-state index in [0.717, 1.165) is 49.0 Å². The minimum atomic E-state index is -0.249. The fourth-order valence-corrected chi connectivity index (χ4v) is 3.37. The Morgan fingerprint density at radius 1 is 1.00 bits per heavy atom. The molecule has 150 valence electrons. The molecule has 0 unspecified atom stereocenters. The van der Waals surface area contributed by atoms with E-state index in [1.807, 2.05) is 18.2 Å². The van der Waals surface area contributed by atoms with Crippen LogP contribution in [0.25, 0.3) is 0 Å². The first-order valence-electron chi connectivity index (χ1n) is 9.54. The third kappa shape index (κ3) is 4.53. The Balaban J connectivity index is 1.37.